The third-order valence-corrected chi connectivity index (χ3v) is 5.70. The Morgan fingerprint density at radius 3 is 2.22 bits per heavy atom. The van der Waals surface area contributed by atoms with Gasteiger partial charge in [-0.05, 0) is 44.8 Å². The van der Waals surface area contributed by atoms with Crippen molar-refractivity contribution < 1.29 is 9.47 Å². The summed E-state index contributed by atoms with van der Waals surface area (Å²) in [6, 6.07) is 4.62. The summed E-state index contributed by atoms with van der Waals surface area (Å²) in [4.78, 5) is 4.98. The SMILES string of the molecule is COc1cc(OC)c(CN2C[C@H]3CC[C@@H](C2)C3N(C)C)cc1Cl. The summed E-state index contributed by atoms with van der Waals surface area (Å²) >= 11 is 6.30. The van der Waals surface area contributed by atoms with Gasteiger partial charge < -0.3 is 14.4 Å². The second kappa shape index (κ2) is 6.88. The van der Waals surface area contributed by atoms with E-state index in [2.05, 4.69) is 23.9 Å². The van der Waals surface area contributed by atoms with Crippen LogP contribution in [0.4, 0.5) is 0 Å². The van der Waals surface area contributed by atoms with Crippen LogP contribution in [0, 0.1) is 11.8 Å². The van der Waals surface area contributed by atoms with Crippen molar-refractivity contribution in [2.45, 2.75) is 25.4 Å². The standard InChI is InChI=1S/C18H27ClN2O2/c1-20(2)18-12-5-6-13(18)10-21(9-12)11-14-7-15(19)17(23-4)8-16(14)22-3/h7-8,12-13,18H,5-6,9-11H2,1-4H3/t12-,13+,18?. The van der Waals surface area contributed by atoms with Crippen molar-refractivity contribution in [3.05, 3.63) is 22.7 Å². The van der Waals surface area contributed by atoms with Crippen LogP contribution in [0.1, 0.15) is 18.4 Å². The first-order valence-corrected chi connectivity index (χ1v) is 8.70. The van der Waals surface area contributed by atoms with Gasteiger partial charge in [-0.1, -0.05) is 11.6 Å². The lowest BCUT2D eigenvalue weighted by Gasteiger charge is -2.41. The fourth-order valence-corrected chi connectivity index (χ4v) is 4.81. The molecule has 23 heavy (non-hydrogen) atoms. The summed E-state index contributed by atoms with van der Waals surface area (Å²) in [5.74, 6) is 3.08. The maximum atomic E-state index is 6.30. The molecule has 1 unspecified atom stereocenters. The van der Waals surface area contributed by atoms with E-state index in [0.717, 1.165) is 48.8 Å². The molecule has 1 aliphatic heterocycles. The van der Waals surface area contributed by atoms with Gasteiger partial charge in [0.25, 0.3) is 0 Å². The number of likely N-dealkylation sites (tertiary alicyclic amines) is 1. The highest BCUT2D eigenvalue weighted by atomic mass is 35.5. The quantitative estimate of drug-likeness (QED) is 0.823. The number of benzene rings is 1. The lowest BCUT2D eigenvalue weighted by molar-refractivity contribution is 0.0709. The molecule has 2 fully saturated rings. The van der Waals surface area contributed by atoms with Crippen LogP contribution in [0.5, 0.6) is 11.5 Å². The monoisotopic (exact) mass is 338 g/mol. The number of hydrogen-bond donors (Lipinski definition) is 0. The summed E-state index contributed by atoms with van der Waals surface area (Å²) < 4.78 is 10.8. The highest BCUT2D eigenvalue weighted by Gasteiger charge is 2.42. The minimum Gasteiger partial charge on any atom is -0.496 e. The van der Waals surface area contributed by atoms with E-state index in [1.807, 2.05) is 12.1 Å². The number of piperidine rings is 1. The van der Waals surface area contributed by atoms with E-state index in [1.165, 1.54) is 12.8 Å². The number of ether oxygens (including phenoxy) is 2. The Balaban J connectivity index is 1.75. The van der Waals surface area contributed by atoms with E-state index in [1.54, 1.807) is 14.2 Å². The fraction of sp³-hybridized carbons (Fsp3) is 0.667. The van der Waals surface area contributed by atoms with Crippen LogP contribution in [-0.2, 0) is 6.54 Å². The number of fused-ring (bicyclic) bond motifs is 2. The lowest BCUT2D eigenvalue weighted by atomic mass is 9.91. The first kappa shape index (κ1) is 16.9. The molecule has 1 saturated carbocycles. The number of nitrogens with zero attached hydrogens (tertiary/aromatic N) is 2. The molecule has 128 valence electrons. The van der Waals surface area contributed by atoms with Gasteiger partial charge in [0.1, 0.15) is 11.5 Å². The van der Waals surface area contributed by atoms with Crippen molar-refractivity contribution >= 4 is 11.6 Å². The van der Waals surface area contributed by atoms with Crippen LogP contribution < -0.4 is 9.47 Å². The summed E-state index contributed by atoms with van der Waals surface area (Å²) in [6.45, 7) is 3.21. The fourth-order valence-electron chi connectivity index (χ4n) is 4.55. The zero-order valence-corrected chi connectivity index (χ0v) is 15.3. The average Bonchev–Trinajstić information content (AvgIpc) is 2.79. The van der Waals surface area contributed by atoms with Crippen molar-refractivity contribution in [3.8, 4) is 11.5 Å². The highest BCUT2D eigenvalue weighted by molar-refractivity contribution is 6.32. The Kier molecular flexibility index (Phi) is 5.04. The van der Waals surface area contributed by atoms with E-state index in [-0.39, 0.29) is 0 Å². The normalized spacial score (nSPS) is 27.5. The van der Waals surface area contributed by atoms with Crippen molar-refractivity contribution in [1.29, 1.82) is 0 Å². The molecule has 0 radical (unpaired) electrons. The molecule has 1 aliphatic carbocycles. The Labute approximate surface area is 144 Å². The van der Waals surface area contributed by atoms with Crippen LogP contribution >= 0.6 is 11.6 Å². The largest absolute Gasteiger partial charge is 0.496 e. The van der Waals surface area contributed by atoms with Gasteiger partial charge in [-0.3, -0.25) is 4.90 Å². The van der Waals surface area contributed by atoms with Gasteiger partial charge in [0, 0.05) is 37.3 Å². The first-order chi connectivity index (χ1) is 11.0. The maximum absolute atomic E-state index is 6.30. The molecule has 2 aliphatic rings. The Bertz CT molecular complexity index is 550. The number of halogens is 1. The van der Waals surface area contributed by atoms with Crippen LogP contribution in [0.2, 0.25) is 5.02 Å². The predicted molar refractivity (Wildman–Crippen MR) is 93.5 cm³/mol. The van der Waals surface area contributed by atoms with E-state index in [4.69, 9.17) is 21.1 Å². The van der Waals surface area contributed by atoms with Crippen molar-refractivity contribution in [3.63, 3.8) is 0 Å². The Morgan fingerprint density at radius 1 is 1.09 bits per heavy atom. The van der Waals surface area contributed by atoms with Gasteiger partial charge in [0.2, 0.25) is 0 Å². The smallest absolute Gasteiger partial charge is 0.141 e. The summed E-state index contributed by atoms with van der Waals surface area (Å²) in [5.41, 5.74) is 1.14. The molecular formula is C18H27ClN2O2. The molecule has 0 N–H and O–H groups in total. The molecular weight excluding hydrogens is 312 g/mol. The third-order valence-electron chi connectivity index (χ3n) is 5.40. The molecule has 1 heterocycles. The molecule has 5 heteroatoms. The van der Waals surface area contributed by atoms with Crippen LogP contribution in [-0.4, -0.2) is 57.2 Å². The molecule has 1 saturated heterocycles. The zero-order valence-electron chi connectivity index (χ0n) is 14.5. The zero-order chi connectivity index (χ0) is 16.6. The molecule has 3 rings (SSSR count). The summed E-state index contributed by atoms with van der Waals surface area (Å²) in [5, 5.41) is 0.648. The van der Waals surface area contributed by atoms with E-state index >= 15 is 0 Å². The van der Waals surface area contributed by atoms with Crippen LogP contribution in [0.25, 0.3) is 0 Å². The van der Waals surface area contributed by atoms with Crippen molar-refractivity contribution in [2.75, 3.05) is 41.4 Å². The number of rotatable bonds is 5. The van der Waals surface area contributed by atoms with Gasteiger partial charge in [-0.25, -0.2) is 0 Å². The third kappa shape index (κ3) is 3.30. The Morgan fingerprint density at radius 2 is 1.70 bits per heavy atom. The molecule has 1 aromatic rings. The molecule has 0 aromatic heterocycles. The Hall–Kier alpha value is -0.970. The molecule has 0 spiro atoms. The number of methoxy groups -OCH3 is 2. The van der Waals surface area contributed by atoms with Crippen molar-refractivity contribution in [1.82, 2.24) is 9.80 Å². The van der Waals surface area contributed by atoms with E-state index in [9.17, 15) is 0 Å². The second-order valence-corrected chi connectivity index (χ2v) is 7.45. The highest BCUT2D eigenvalue weighted by Crippen LogP contribution is 2.40. The average molecular weight is 339 g/mol. The minimum atomic E-state index is 0.648. The van der Waals surface area contributed by atoms with Gasteiger partial charge in [-0.15, -0.1) is 0 Å². The summed E-state index contributed by atoms with van der Waals surface area (Å²) in [7, 11) is 7.77. The van der Waals surface area contributed by atoms with Crippen LogP contribution in [0.15, 0.2) is 12.1 Å². The first-order valence-electron chi connectivity index (χ1n) is 8.32. The molecule has 2 bridgehead atoms. The molecule has 1 aromatic carbocycles. The minimum absolute atomic E-state index is 0.648. The molecule has 4 nitrogen and oxygen atoms in total. The maximum Gasteiger partial charge on any atom is 0.141 e. The van der Waals surface area contributed by atoms with Gasteiger partial charge in [0.15, 0.2) is 0 Å². The van der Waals surface area contributed by atoms with E-state index in [0.29, 0.717) is 10.8 Å². The van der Waals surface area contributed by atoms with E-state index < -0.39 is 0 Å². The van der Waals surface area contributed by atoms with Gasteiger partial charge in [-0.2, -0.15) is 0 Å². The number of hydrogen-bond acceptors (Lipinski definition) is 4. The predicted octanol–water partition coefficient (Wildman–Crippen LogP) is 3.13. The van der Waals surface area contributed by atoms with Crippen molar-refractivity contribution in [2.24, 2.45) is 11.8 Å². The molecule has 3 atom stereocenters. The van der Waals surface area contributed by atoms with Crippen LogP contribution in [0.3, 0.4) is 0 Å². The molecule has 0 amide bonds. The lowest BCUT2D eigenvalue weighted by Crippen LogP contribution is -2.50. The van der Waals surface area contributed by atoms with Gasteiger partial charge in [0.05, 0.1) is 19.2 Å². The summed E-state index contributed by atoms with van der Waals surface area (Å²) in [6.07, 6.45) is 2.70. The second-order valence-electron chi connectivity index (χ2n) is 7.04. The topological polar surface area (TPSA) is 24.9 Å². The van der Waals surface area contributed by atoms with Gasteiger partial charge >= 0.3 is 0 Å².